The van der Waals surface area contributed by atoms with Crippen molar-refractivity contribution >= 4 is 5.97 Å². The van der Waals surface area contributed by atoms with Gasteiger partial charge in [-0.1, -0.05) is 5.16 Å². The molecule has 1 N–H and O–H groups in total. The normalized spacial score (nSPS) is 12.5. The van der Waals surface area contributed by atoms with E-state index in [9.17, 15) is 4.79 Å². The van der Waals surface area contributed by atoms with Crippen LogP contribution in [0.2, 0.25) is 0 Å². The predicted molar refractivity (Wildman–Crippen MR) is 54.2 cm³/mol. The Morgan fingerprint density at radius 2 is 2.47 bits per heavy atom. The molecule has 0 aliphatic heterocycles. The highest BCUT2D eigenvalue weighted by Gasteiger charge is 2.13. The van der Waals surface area contributed by atoms with Crippen molar-refractivity contribution in [3.63, 3.8) is 0 Å². The molecule has 0 aromatic carbocycles. The van der Waals surface area contributed by atoms with Gasteiger partial charge in [-0.15, -0.1) is 0 Å². The molecule has 0 fully saturated rings. The summed E-state index contributed by atoms with van der Waals surface area (Å²) in [6.45, 7) is 6.26. The minimum Gasteiger partial charge on any atom is -0.465 e. The highest BCUT2D eigenvalue weighted by molar-refractivity contribution is 5.75. The molecular formula is C10H16N2O3. The molecule has 0 amide bonds. The quantitative estimate of drug-likeness (QED) is 0.738. The lowest BCUT2D eigenvalue weighted by atomic mass is 10.3. The molecule has 1 atom stereocenters. The van der Waals surface area contributed by atoms with Crippen LogP contribution in [0.1, 0.15) is 25.3 Å². The number of hydrogen-bond donors (Lipinski definition) is 1. The van der Waals surface area contributed by atoms with Crippen LogP contribution in [-0.4, -0.2) is 23.8 Å². The highest BCUT2D eigenvalue weighted by Crippen LogP contribution is 2.01. The van der Waals surface area contributed by atoms with Crippen LogP contribution in [0, 0.1) is 6.92 Å². The van der Waals surface area contributed by atoms with Gasteiger partial charge in [-0.25, -0.2) is 0 Å². The fourth-order valence-electron chi connectivity index (χ4n) is 1.11. The van der Waals surface area contributed by atoms with E-state index >= 15 is 0 Å². The van der Waals surface area contributed by atoms with Gasteiger partial charge < -0.3 is 9.26 Å². The van der Waals surface area contributed by atoms with Gasteiger partial charge in [0.05, 0.1) is 12.3 Å². The highest BCUT2D eigenvalue weighted by atomic mass is 16.5. The third-order valence-electron chi connectivity index (χ3n) is 1.91. The molecule has 1 aromatic rings. The summed E-state index contributed by atoms with van der Waals surface area (Å²) >= 11 is 0. The van der Waals surface area contributed by atoms with Crippen LogP contribution >= 0.6 is 0 Å². The van der Waals surface area contributed by atoms with E-state index in [2.05, 4.69) is 10.5 Å². The van der Waals surface area contributed by atoms with Crippen LogP contribution in [0.4, 0.5) is 0 Å². The summed E-state index contributed by atoms with van der Waals surface area (Å²) in [5.41, 5.74) is 0.781. The van der Waals surface area contributed by atoms with Gasteiger partial charge in [-0.05, 0) is 20.8 Å². The van der Waals surface area contributed by atoms with Crippen LogP contribution < -0.4 is 5.32 Å². The molecule has 84 valence electrons. The van der Waals surface area contributed by atoms with E-state index in [1.54, 1.807) is 13.8 Å². The Morgan fingerprint density at radius 3 is 3.00 bits per heavy atom. The van der Waals surface area contributed by atoms with Crippen LogP contribution in [0.5, 0.6) is 0 Å². The van der Waals surface area contributed by atoms with Crippen molar-refractivity contribution < 1.29 is 14.1 Å². The van der Waals surface area contributed by atoms with Gasteiger partial charge in [-0.3, -0.25) is 10.1 Å². The number of nitrogens with zero attached hydrogens (tertiary/aromatic N) is 1. The van der Waals surface area contributed by atoms with Gasteiger partial charge in [0.1, 0.15) is 11.8 Å². The minimum atomic E-state index is -0.332. The first-order valence-corrected chi connectivity index (χ1v) is 4.95. The monoisotopic (exact) mass is 212 g/mol. The second-order valence-electron chi connectivity index (χ2n) is 3.28. The zero-order valence-corrected chi connectivity index (χ0v) is 9.24. The Bertz CT molecular complexity index is 322. The van der Waals surface area contributed by atoms with Crippen molar-refractivity contribution in [2.45, 2.75) is 33.4 Å². The maximum Gasteiger partial charge on any atom is 0.322 e. The molecular weight excluding hydrogens is 196 g/mol. The summed E-state index contributed by atoms with van der Waals surface area (Å²) in [7, 11) is 0. The Morgan fingerprint density at radius 1 is 1.73 bits per heavy atom. The summed E-state index contributed by atoms with van der Waals surface area (Å²) in [6.07, 6.45) is 0. The molecule has 0 spiro atoms. The van der Waals surface area contributed by atoms with Crippen molar-refractivity contribution in [2.75, 3.05) is 6.61 Å². The molecule has 5 nitrogen and oxygen atoms in total. The topological polar surface area (TPSA) is 64.4 Å². The molecule has 1 rings (SSSR count). The van der Waals surface area contributed by atoms with Crippen molar-refractivity contribution in [1.29, 1.82) is 0 Å². The number of nitrogens with one attached hydrogen (secondary N) is 1. The number of hydrogen-bond acceptors (Lipinski definition) is 5. The number of carbonyl (C=O) groups is 1. The van der Waals surface area contributed by atoms with E-state index in [-0.39, 0.29) is 12.0 Å². The summed E-state index contributed by atoms with van der Waals surface area (Å²) < 4.78 is 9.75. The van der Waals surface area contributed by atoms with E-state index in [0.29, 0.717) is 13.2 Å². The summed E-state index contributed by atoms with van der Waals surface area (Å²) in [5.74, 6) is 0.508. The van der Waals surface area contributed by atoms with Crippen molar-refractivity contribution in [2.24, 2.45) is 0 Å². The second kappa shape index (κ2) is 5.50. The van der Waals surface area contributed by atoms with Crippen molar-refractivity contribution in [3.05, 3.63) is 17.5 Å². The predicted octanol–water partition coefficient (Wildman–Crippen LogP) is 1.02. The Balaban J connectivity index is 2.33. The number of ether oxygens (including phenoxy) is 1. The molecule has 0 radical (unpaired) electrons. The van der Waals surface area contributed by atoms with E-state index in [1.807, 2.05) is 13.0 Å². The van der Waals surface area contributed by atoms with E-state index < -0.39 is 0 Å². The fraction of sp³-hybridized carbons (Fsp3) is 0.600. The van der Waals surface area contributed by atoms with Gasteiger partial charge >= 0.3 is 5.97 Å². The molecule has 0 saturated heterocycles. The van der Waals surface area contributed by atoms with Gasteiger partial charge in [0.15, 0.2) is 0 Å². The number of aryl methyl sites for hydroxylation is 1. The Kier molecular flexibility index (Phi) is 4.30. The molecule has 5 heteroatoms. The second-order valence-corrected chi connectivity index (χ2v) is 3.28. The average Bonchev–Trinajstić information content (AvgIpc) is 2.61. The molecule has 0 aliphatic carbocycles. The number of esters is 1. The van der Waals surface area contributed by atoms with Gasteiger partial charge in [0.2, 0.25) is 0 Å². The lowest BCUT2D eigenvalue weighted by molar-refractivity contribution is -0.145. The maximum absolute atomic E-state index is 11.2. The number of carbonyl (C=O) groups excluding carboxylic acids is 1. The zero-order chi connectivity index (χ0) is 11.3. The number of aromatic nitrogens is 1. The van der Waals surface area contributed by atoms with E-state index in [0.717, 1.165) is 11.5 Å². The summed E-state index contributed by atoms with van der Waals surface area (Å²) in [6, 6.07) is 1.49. The van der Waals surface area contributed by atoms with Gasteiger partial charge in [0.25, 0.3) is 0 Å². The van der Waals surface area contributed by atoms with Crippen LogP contribution in [0.3, 0.4) is 0 Å². The van der Waals surface area contributed by atoms with Crippen molar-refractivity contribution in [3.8, 4) is 0 Å². The average molecular weight is 212 g/mol. The number of rotatable bonds is 5. The van der Waals surface area contributed by atoms with E-state index in [4.69, 9.17) is 9.26 Å². The molecule has 1 heterocycles. The summed E-state index contributed by atoms with van der Waals surface area (Å²) in [4.78, 5) is 11.2. The molecule has 0 saturated carbocycles. The van der Waals surface area contributed by atoms with E-state index in [1.165, 1.54) is 0 Å². The van der Waals surface area contributed by atoms with Crippen LogP contribution in [0.15, 0.2) is 10.6 Å². The molecule has 0 bridgehead atoms. The van der Waals surface area contributed by atoms with Gasteiger partial charge in [-0.2, -0.15) is 0 Å². The minimum absolute atomic E-state index is 0.252. The summed E-state index contributed by atoms with van der Waals surface area (Å²) in [5, 5.41) is 6.80. The molecule has 1 aromatic heterocycles. The standard InChI is InChI=1S/C10H16N2O3/c1-4-14-10(13)8(3)11-6-9-5-7(2)15-12-9/h5,8,11H,4,6H2,1-3H3. The fourth-order valence-corrected chi connectivity index (χ4v) is 1.11. The zero-order valence-electron chi connectivity index (χ0n) is 9.24. The largest absolute Gasteiger partial charge is 0.465 e. The third kappa shape index (κ3) is 3.71. The third-order valence-corrected chi connectivity index (χ3v) is 1.91. The first-order chi connectivity index (χ1) is 7.13. The van der Waals surface area contributed by atoms with Crippen LogP contribution in [0.25, 0.3) is 0 Å². The van der Waals surface area contributed by atoms with Gasteiger partial charge in [0, 0.05) is 12.6 Å². The Labute approximate surface area is 88.8 Å². The van der Waals surface area contributed by atoms with Crippen LogP contribution in [-0.2, 0) is 16.1 Å². The lowest BCUT2D eigenvalue weighted by Crippen LogP contribution is -2.34. The first kappa shape index (κ1) is 11.7. The SMILES string of the molecule is CCOC(=O)C(C)NCc1cc(C)on1. The van der Waals surface area contributed by atoms with Crippen molar-refractivity contribution in [1.82, 2.24) is 10.5 Å². The maximum atomic E-state index is 11.2. The lowest BCUT2D eigenvalue weighted by Gasteiger charge is -2.10. The molecule has 15 heavy (non-hydrogen) atoms. The molecule has 0 aliphatic rings. The smallest absolute Gasteiger partial charge is 0.322 e. The Hall–Kier alpha value is -1.36. The molecule has 1 unspecified atom stereocenters. The first-order valence-electron chi connectivity index (χ1n) is 4.95.